The van der Waals surface area contributed by atoms with Gasteiger partial charge in [-0.3, -0.25) is 0 Å². The molecule has 1 aliphatic heterocycles. The van der Waals surface area contributed by atoms with Crippen LogP contribution in [0.15, 0.2) is 24.4 Å². The fourth-order valence-corrected chi connectivity index (χ4v) is 1.63. The summed E-state index contributed by atoms with van der Waals surface area (Å²) in [6.07, 6.45) is 1.64. The van der Waals surface area contributed by atoms with E-state index in [4.69, 9.17) is 15.2 Å². The number of benzene rings is 1. The zero-order chi connectivity index (χ0) is 11.0. The highest BCUT2D eigenvalue weighted by Gasteiger charge is 2.15. The van der Waals surface area contributed by atoms with Crippen molar-refractivity contribution in [2.75, 3.05) is 6.79 Å². The fraction of sp³-hybridized carbons (Fsp3) is 0.200. The fourth-order valence-electron chi connectivity index (χ4n) is 1.63. The molecule has 6 nitrogen and oxygen atoms in total. The lowest BCUT2D eigenvalue weighted by Crippen LogP contribution is -2.06. The van der Waals surface area contributed by atoms with Gasteiger partial charge in [0.2, 0.25) is 6.79 Å². The van der Waals surface area contributed by atoms with Crippen molar-refractivity contribution in [1.82, 2.24) is 15.0 Å². The third-order valence-corrected chi connectivity index (χ3v) is 2.43. The number of rotatable bonds is 2. The zero-order valence-electron chi connectivity index (χ0n) is 8.46. The summed E-state index contributed by atoms with van der Waals surface area (Å²) in [5.41, 5.74) is 7.30. The van der Waals surface area contributed by atoms with Crippen molar-refractivity contribution in [1.29, 1.82) is 0 Å². The largest absolute Gasteiger partial charge is 0.454 e. The quantitative estimate of drug-likeness (QED) is 0.792. The van der Waals surface area contributed by atoms with Gasteiger partial charge in [0.15, 0.2) is 11.5 Å². The molecule has 0 spiro atoms. The number of aromatic nitrogens is 3. The van der Waals surface area contributed by atoms with Crippen LogP contribution in [0.4, 0.5) is 0 Å². The average Bonchev–Trinajstić information content (AvgIpc) is 2.96. The van der Waals surface area contributed by atoms with Crippen LogP contribution in [0.1, 0.15) is 5.69 Å². The number of nitrogens with two attached hydrogens (primary N) is 1. The first kappa shape index (κ1) is 9.17. The minimum atomic E-state index is 0.264. The number of ether oxygens (including phenoxy) is 2. The Balaban J connectivity index is 2.07. The van der Waals surface area contributed by atoms with E-state index in [1.807, 2.05) is 18.2 Å². The normalized spacial score (nSPS) is 13.1. The maximum absolute atomic E-state index is 5.59. The molecule has 0 atom stereocenters. The molecule has 1 aromatic heterocycles. The van der Waals surface area contributed by atoms with E-state index >= 15 is 0 Å². The molecule has 0 radical (unpaired) electrons. The monoisotopic (exact) mass is 218 g/mol. The van der Waals surface area contributed by atoms with Crippen LogP contribution in [-0.4, -0.2) is 21.8 Å². The van der Waals surface area contributed by atoms with Gasteiger partial charge in [-0.25, -0.2) is 4.68 Å². The summed E-state index contributed by atoms with van der Waals surface area (Å²) in [5, 5.41) is 7.80. The molecule has 2 heterocycles. The topological polar surface area (TPSA) is 75.2 Å². The highest BCUT2D eigenvalue weighted by atomic mass is 16.7. The maximum Gasteiger partial charge on any atom is 0.231 e. The van der Waals surface area contributed by atoms with E-state index in [-0.39, 0.29) is 6.79 Å². The zero-order valence-corrected chi connectivity index (χ0v) is 8.46. The summed E-state index contributed by atoms with van der Waals surface area (Å²) in [5.74, 6) is 1.47. The Morgan fingerprint density at radius 1 is 1.31 bits per heavy atom. The van der Waals surface area contributed by atoms with Gasteiger partial charge in [-0.1, -0.05) is 5.21 Å². The molecule has 0 fully saturated rings. The Morgan fingerprint density at radius 2 is 2.19 bits per heavy atom. The SMILES string of the molecule is NCc1cnnn1-c1ccc2c(c1)OCO2. The van der Waals surface area contributed by atoms with Crippen LogP contribution in [0.5, 0.6) is 11.5 Å². The highest BCUT2D eigenvalue weighted by molar-refractivity contribution is 5.49. The maximum atomic E-state index is 5.59. The second kappa shape index (κ2) is 3.49. The van der Waals surface area contributed by atoms with E-state index in [1.165, 1.54) is 0 Å². The smallest absolute Gasteiger partial charge is 0.231 e. The summed E-state index contributed by atoms with van der Waals surface area (Å²) in [6, 6.07) is 5.59. The third kappa shape index (κ3) is 1.31. The second-order valence-electron chi connectivity index (χ2n) is 3.38. The summed E-state index contributed by atoms with van der Waals surface area (Å²) < 4.78 is 12.2. The molecule has 0 saturated heterocycles. The van der Waals surface area contributed by atoms with E-state index in [9.17, 15) is 0 Å². The number of hydrogen-bond donors (Lipinski definition) is 1. The summed E-state index contributed by atoms with van der Waals surface area (Å²) in [6.45, 7) is 0.654. The lowest BCUT2D eigenvalue weighted by Gasteiger charge is -2.05. The molecule has 2 aromatic rings. The van der Waals surface area contributed by atoms with Gasteiger partial charge < -0.3 is 15.2 Å². The number of fused-ring (bicyclic) bond motifs is 1. The Labute approximate surface area is 91.6 Å². The Morgan fingerprint density at radius 3 is 3.06 bits per heavy atom. The molecule has 1 aromatic carbocycles. The van der Waals surface area contributed by atoms with Gasteiger partial charge in [-0.2, -0.15) is 0 Å². The first-order chi connectivity index (χ1) is 7.88. The first-order valence-electron chi connectivity index (χ1n) is 4.88. The van der Waals surface area contributed by atoms with Crippen molar-refractivity contribution < 1.29 is 9.47 Å². The minimum absolute atomic E-state index is 0.264. The molecular formula is C10H10N4O2. The van der Waals surface area contributed by atoms with Crippen LogP contribution < -0.4 is 15.2 Å². The molecule has 6 heteroatoms. The van der Waals surface area contributed by atoms with Gasteiger partial charge in [-0.05, 0) is 12.1 Å². The van der Waals surface area contributed by atoms with Crippen LogP contribution in [0, 0.1) is 0 Å². The predicted molar refractivity (Wildman–Crippen MR) is 55.4 cm³/mol. The highest BCUT2D eigenvalue weighted by Crippen LogP contribution is 2.33. The Kier molecular flexibility index (Phi) is 2.00. The van der Waals surface area contributed by atoms with Gasteiger partial charge in [-0.15, -0.1) is 5.10 Å². The average molecular weight is 218 g/mol. The number of hydrogen-bond acceptors (Lipinski definition) is 5. The molecule has 0 aliphatic carbocycles. The molecule has 2 N–H and O–H groups in total. The number of nitrogens with zero attached hydrogens (tertiary/aromatic N) is 3. The van der Waals surface area contributed by atoms with Crippen LogP contribution in [-0.2, 0) is 6.54 Å². The van der Waals surface area contributed by atoms with Crippen LogP contribution in [0.3, 0.4) is 0 Å². The van der Waals surface area contributed by atoms with Gasteiger partial charge in [0.05, 0.1) is 17.6 Å². The van der Waals surface area contributed by atoms with Crippen LogP contribution >= 0.6 is 0 Å². The predicted octanol–water partition coefficient (Wildman–Crippen LogP) is 0.455. The second-order valence-corrected chi connectivity index (χ2v) is 3.38. The van der Waals surface area contributed by atoms with E-state index in [1.54, 1.807) is 10.9 Å². The van der Waals surface area contributed by atoms with Crippen LogP contribution in [0.2, 0.25) is 0 Å². The van der Waals surface area contributed by atoms with Gasteiger partial charge in [0.1, 0.15) is 0 Å². The van der Waals surface area contributed by atoms with E-state index < -0.39 is 0 Å². The van der Waals surface area contributed by atoms with E-state index in [0.29, 0.717) is 6.54 Å². The molecular weight excluding hydrogens is 208 g/mol. The van der Waals surface area contributed by atoms with Gasteiger partial charge in [0.25, 0.3) is 0 Å². The Bertz CT molecular complexity index is 523. The molecule has 16 heavy (non-hydrogen) atoms. The molecule has 0 unspecified atom stereocenters. The minimum Gasteiger partial charge on any atom is -0.454 e. The lowest BCUT2D eigenvalue weighted by atomic mass is 10.2. The molecule has 0 bridgehead atoms. The molecule has 0 amide bonds. The van der Waals surface area contributed by atoms with Crippen molar-refractivity contribution in [2.24, 2.45) is 5.73 Å². The van der Waals surface area contributed by atoms with Gasteiger partial charge >= 0.3 is 0 Å². The molecule has 3 rings (SSSR count). The molecule has 0 saturated carbocycles. The summed E-state index contributed by atoms with van der Waals surface area (Å²) in [7, 11) is 0. The van der Waals surface area contributed by atoms with Crippen molar-refractivity contribution >= 4 is 0 Å². The van der Waals surface area contributed by atoms with Crippen LogP contribution in [0.25, 0.3) is 5.69 Å². The van der Waals surface area contributed by atoms with Gasteiger partial charge in [0, 0.05) is 12.6 Å². The molecule has 1 aliphatic rings. The first-order valence-corrected chi connectivity index (χ1v) is 4.88. The van der Waals surface area contributed by atoms with Crippen molar-refractivity contribution in [3.8, 4) is 17.2 Å². The lowest BCUT2D eigenvalue weighted by molar-refractivity contribution is 0.174. The summed E-state index contributed by atoms with van der Waals surface area (Å²) in [4.78, 5) is 0. The van der Waals surface area contributed by atoms with Crippen molar-refractivity contribution in [3.05, 3.63) is 30.1 Å². The van der Waals surface area contributed by atoms with Crippen molar-refractivity contribution in [2.45, 2.75) is 6.54 Å². The molecule has 82 valence electrons. The Hall–Kier alpha value is -2.08. The van der Waals surface area contributed by atoms with E-state index in [2.05, 4.69) is 10.3 Å². The standard InChI is InChI=1S/C10H10N4O2/c11-4-8-5-12-13-14(8)7-1-2-9-10(3-7)16-6-15-9/h1-3,5H,4,6,11H2. The summed E-state index contributed by atoms with van der Waals surface area (Å²) >= 11 is 0. The third-order valence-electron chi connectivity index (χ3n) is 2.43. The van der Waals surface area contributed by atoms with E-state index in [0.717, 1.165) is 22.9 Å². The van der Waals surface area contributed by atoms with Crippen molar-refractivity contribution in [3.63, 3.8) is 0 Å².